The van der Waals surface area contributed by atoms with Gasteiger partial charge in [0.15, 0.2) is 0 Å². The van der Waals surface area contributed by atoms with E-state index < -0.39 is 0 Å². The van der Waals surface area contributed by atoms with E-state index in [0.29, 0.717) is 12.1 Å². The summed E-state index contributed by atoms with van der Waals surface area (Å²) in [6.07, 6.45) is 3.70. The molecule has 3 aromatic rings. The lowest BCUT2D eigenvalue weighted by atomic mass is 10.1. The van der Waals surface area contributed by atoms with Crippen LogP contribution in [0.1, 0.15) is 27.3 Å². The quantitative estimate of drug-likeness (QED) is 0.803. The Labute approximate surface area is 135 Å². The van der Waals surface area contributed by atoms with Gasteiger partial charge in [0.2, 0.25) is 0 Å². The van der Waals surface area contributed by atoms with Crippen molar-refractivity contribution >= 4 is 5.91 Å². The molecule has 0 spiro atoms. The molecule has 1 N–H and O–H groups in total. The summed E-state index contributed by atoms with van der Waals surface area (Å²) >= 11 is 0. The number of aryl methyl sites for hydroxylation is 2. The Morgan fingerprint density at radius 3 is 2.57 bits per heavy atom. The van der Waals surface area contributed by atoms with Crippen molar-refractivity contribution in [1.82, 2.24) is 14.9 Å². The van der Waals surface area contributed by atoms with Gasteiger partial charge in [0.1, 0.15) is 5.82 Å². The summed E-state index contributed by atoms with van der Waals surface area (Å²) in [4.78, 5) is 16.6. The van der Waals surface area contributed by atoms with Gasteiger partial charge >= 0.3 is 0 Å². The van der Waals surface area contributed by atoms with Crippen LogP contribution in [-0.2, 0) is 6.54 Å². The van der Waals surface area contributed by atoms with E-state index in [4.69, 9.17) is 0 Å². The summed E-state index contributed by atoms with van der Waals surface area (Å²) in [5.74, 6) is 0.864. The normalized spacial score (nSPS) is 10.5. The molecule has 0 fully saturated rings. The third-order valence-electron chi connectivity index (χ3n) is 3.91. The molecule has 0 aliphatic rings. The van der Waals surface area contributed by atoms with Crippen molar-refractivity contribution in [3.05, 3.63) is 83.4 Å². The predicted octanol–water partition coefficient (Wildman–Crippen LogP) is 3.42. The molecule has 0 radical (unpaired) electrons. The fraction of sp³-hybridized carbons (Fsp3) is 0.158. The molecule has 0 aliphatic heterocycles. The Morgan fingerprint density at radius 1 is 1.09 bits per heavy atom. The Kier molecular flexibility index (Phi) is 4.24. The molecule has 4 heteroatoms. The standard InChI is InChI=1S/C19H19N3O/c1-14-7-3-5-9-17(14)19(23)21-13-16-8-4-6-10-18(16)22-12-11-20-15(22)2/h3-12H,13H2,1-2H3,(H,21,23). The van der Waals surface area contributed by atoms with E-state index in [1.807, 2.05) is 73.1 Å². The summed E-state index contributed by atoms with van der Waals surface area (Å²) in [6.45, 7) is 4.38. The Balaban J connectivity index is 1.81. The number of aromatic nitrogens is 2. The van der Waals surface area contributed by atoms with E-state index in [-0.39, 0.29) is 5.91 Å². The molecule has 1 aromatic heterocycles. The number of hydrogen-bond acceptors (Lipinski definition) is 2. The van der Waals surface area contributed by atoms with Crippen molar-refractivity contribution in [2.75, 3.05) is 0 Å². The van der Waals surface area contributed by atoms with Crippen LogP contribution in [0.15, 0.2) is 60.9 Å². The van der Waals surface area contributed by atoms with Gasteiger partial charge in [0.25, 0.3) is 5.91 Å². The maximum Gasteiger partial charge on any atom is 0.251 e. The lowest BCUT2D eigenvalue weighted by Crippen LogP contribution is -2.24. The molecule has 1 heterocycles. The predicted molar refractivity (Wildman–Crippen MR) is 90.7 cm³/mol. The molecule has 3 rings (SSSR count). The third-order valence-corrected chi connectivity index (χ3v) is 3.91. The molecular formula is C19H19N3O. The lowest BCUT2D eigenvalue weighted by molar-refractivity contribution is 0.0950. The number of para-hydroxylation sites is 1. The maximum absolute atomic E-state index is 12.4. The number of benzene rings is 2. The molecule has 4 nitrogen and oxygen atoms in total. The second-order valence-corrected chi connectivity index (χ2v) is 5.47. The van der Waals surface area contributed by atoms with Gasteiger partial charge in [0, 0.05) is 24.5 Å². The number of amides is 1. The molecule has 2 aromatic carbocycles. The van der Waals surface area contributed by atoms with E-state index in [0.717, 1.165) is 22.6 Å². The SMILES string of the molecule is Cc1ccccc1C(=O)NCc1ccccc1-n1ccnc1C. The number of nitrogens with zero attached hydrogens (tertiary/aromatic N) is 2. The number of imidazole rings is 1. The first-order chi connectivity index (χ1) is 11.2. The highest BCUT2D eigenvalue weighted by atomic mass is 16.1. The van der Waals surface area contributed by atoms with Crippen LogP contribution in [0.4, 0.5) is 0 Å². The van der Waals surface area contributed by atoms with Crippen LogP contribution in [0, 0.1) is 13.8 Å². The van der Waals surface area contributed by atoms with Crippen LogP contribution in [0.25, 0.3) is 5.69 Å². The van der Waals surface area contributed by atoms with Gasteiger partial charge in [-0.05, 0) is 37.1 Å². The first kappa shape index (κ1) is 15.0. The number of rotatable bonds is 4. The maximum atomic E-state index is 12.4. The highest BCUT2D eigenvalue weighted by Crippen LogP contribution is 2.16. The summed E-state index contributed by atoms with van der Waals surface area (Å²) in [5.41, 5.74) is 3.77. The molecule has 1 amide bonds. The largest absolute Gasteiger partial charge is 0.348 e. The van der Waals surface area contributed by atoms with Gasteiger partial charge in [-0.15, -0.1) is 0 Å². The van der Waals surface area contributed by atoms with Crippen molar-refractivity contribution in [2.24, 2.45) is 0 Å². The van der Waals surface area contributed by atoms with Crippen molar-refractivity contribution in [3.8, 4) is 5.69 Å². The molecular weight excluding hydrogens is 286 g/mol. The summed E-state index contributed by atoms with van der Waals surface area (Å²) in [7, 11) is 0. The second-order valence-electron chi connectivity index (χ2n) is 5.47. The molecule has 23 heavy (non-hydrogen) atoms. The van der Waals surface area contributed by atoms with Crippen LogP contribution in [0.2, 0.25) is 0 Å². The molecule has 0 atom stereocenters. The number of nitrogens with one attached hydrogen (secondary N) is 1. The Bertz CT molecular complexity index is 836. The molecule has 0 unspecified atom stereocenters. The molecule has 116 valence electrons. The van der Waals surface area contributed by atoms with Crippen LogP contribution >= 0.6 is 0 Å². The topological polar surface area (TPSA) is 46.9 Å². The number of hydrogen-bond donors (Lipinski definition) is 1. The van der Waals surface area contributed by atoms with E-state index in [9.17, 15) is 4.79 Å². The first-order valence-corrected chi connectivity index (χ1v) is 7.59. The Hall–Kier alpha value is -2.88. The average Bonchev–Trinajstić information content (AvgIpc) is 2.99. The minimum absolute atomic E-state index is 0.0553. The molecule has 0 aliphatic carbocycles. The van der Waals surface area contributed by atoms with Crippen molar-refractivity contribution in [3.63, 3.8) is 0 Å². The Morgan fingerprint density at radius 2 is 1.83 bits per heavy atom. The van der Waals surface area contributed by atoms with E-state index in [2.05, 4.69) is 10.3 Å². The molecule has 0 saturated carbocycles. The average molecular weight is 305 g/mol. The van der Waals surface area contributed by atoms with Gasteiger partial charge in [-0.2, -0.15) is 0 Å². The fourth-order valence-corrected chi connectivity index (χ4v) is 2.63. The molecule has 0 bridgehead atoms. The minimum atomic E-state index is -0.0553. The van der Waals surface area contributed by atoms with Crippen LogP contribution in [-0.4, -0.2) is 15.5 Å². The number of carbonyl (C=O) groups is 1. The smallest absolute Gasteiger partial charge is 0.251 e. The first-order valence-electron chi connectivity index (χ1n) is 7.59. The summed E-state index contributed by atoms with van der Waals surface area (Å²) < 4.78 is 2.02. The van der Waals surface area contributed by atoms with Crippen LogP contribution in [0.5, 0.6) is 0 Å². The zero-order valence-electron chi connectivity index (χ0n) is 13.3. The monoisotopic (exact) mass is 305 g/mol. The van der Waals surface area contributed by atoms with Crippen molar-refractivity contribution in [2.45, 2.75) is 20.4 Å². The molecule has 0 saturated heterocycles. The highest BCUT2D eigenvalue weighted by Gasteiger charge is 2.10. The van der Waals surface area contributed by atoms with Gasteiger partial charge in [-0.3, -0.25) is 4.79 Å². The minimum Gasteiger partial charge on any atom is -0.348 e. The highest BCUT2D eigenvalue weighted by molar-refractivity contribution is 5.95. The van der Waals surface area contributed by atoms with Crippen LogP contribution < -0.4 is 5.32 Å². The van der Waals surface area contributed by atoms with Gasteiger partial charge in [-0.25, -0.2) is 4.98 Å². The van der Waals surface area contributed by atoms with Gasteiger partial charge in [-0.1, -0.05) is 36.4 Å². The fourth-order valence-electron chi connectivity index (χ4n) is 2.63. The lowest BCUT2D eigenvalue weighted by Gasteiger charge is -2.13. The van der Waals surface area contributed by atoms with E-state index in [1.165, 1.54) is 0 Å². The zero-order chi connectivity index (χ0) is 16.2. The van der Waals surface area contributed by atoms with Crippen molar-refractivity contribution in [1.29, 1.82) is 0 Å². The van der Waals surface area contributed by atoms with Crippen molar-refractivity contribution < 1.29 is 4.79 Å². The summed E-state index contributed by atoms with van der Waals surface area (Å²) in [6, 6.07) is 15.6. The second kappa shape index (κ2) is 6.48. The summed E-state index contributed by atoms with van der Waals surface area (Å²) in [5, 5.41) is 3.01. The number of carbonyl (C=O) groups excluding carboxylic acids is 1. The van der Waals surface area contributed by atoms with Gasteiger partial charge < -0.3 is 9.88 Å². The van der Waals surface area contributed by atoms with Gasteiger partial charge in [0.05, 0.1) is 5.69 Å². The van der Waals surface area contributed by atoms with E-state index >= 15 is 0 Å². The third kappa shape index (κ3) is 3.16. The zero-order valence-corrected chi connectivity index (χ0v) is 13.3. The van der Waals surface area contributed by atoms with Crippen LogP contribution in [0.3, 0.4) is 0 Å². The van der Waals surface area contributed by atoms with E-state index in [1.54, 1.807) is 6.20 Å².